The molecule has 1 atom stereocenters. The maximum absolute atomic E-state index is 11.0. The number of aromatic nitrogens is 4. The third-order valence-electron chi connectivity index (χ3n) is 3.13. The van der Waals surface area contributed by atoms with Crippen LogP contribution in [-0.4, -0.2) is 30.8 Å². The Bertz CT molecular complexity index is 579. The topological polar surface area (TPSA) is 80.9 Å². The van der Waals surface area contributed by atoms with E-state index in [2.05, 4.69) is 15.1 Å². The lowest BCUT2D eigenvalue weighted by Gasteiger charge is -2.18. The van der Waals surface area contributed by atoms with E-state index in [1.54, 1.807) is 17.1 Å². The number of hydrogen-bond donors (Lipinski definition) is 1. The highest BCUT2D eigenvalue weighted by Gasteiger charge is 2.26. The first-order chi connectivity index (χ1) is 8.74. The molecule has 18 heavy (non-hydrogen) atoms. The number of hydrogen-bond acceptors (Lipinski definition) is 4. The van der Waals surface area contributed by atoms with Crippen molar-refractivity contribution in [2.75, 3.05) is 0 Å². The molecule has 0 fully saturated rings. The van der Waals surface area contributed by atoms with Gasteiger partial charge in [0, 0.05) is 24.4 Å². The van der Waals surface area contributed by atoms with E-state index in [1.807, 2.05) is 12.1 Å². The van der Waals surface area contributed by atoms with Crippen molar-refractivity contribution in [3.8, 4) is 11.4 Å². The molecule has 3 heterocycles. The minimum Gasteiger partial charge on any atom is -0.481 e. The molecule has 92 valence electrons. The van der Waals surface area contributed by atoms with E-state index in [0.717, 1.165) is 11.4 Å². The third kappa shape index (κ3) is 1.85. The number of pyridine rings is 1. The molecule has 0 radical (unpaired) electrons. The molecule has 1 N–H and O–H groups in total. The summed E-state index contributed by atoms with van der Waals surface area (Å²) < 4.78 is 1.70. The molecule has 0 aliphatic carbocycles. The lowest BCUT2D eigenvalue weighted by Crippen LogP contribution is -2.27. The molecule has 0 amide bonds. The quantitative estimate of drug-likeness (QED) is 0.851. The van der Waals surface area contributed by atoms with Crippen molar-refractivity contribution in [2.45, 2.75) is 19.4 Å². The summed E-state index contributed by atoms with van der Waals surface area (Å²) >= 11 is 0. The van der Waals surface area contributed by atoms with Crippen molar-refractivity contribution in [3.05, 3.63) is 30.4 Å². The van der Waals surface area contributed by atoms with Crippen molar-refractivity contribution >= 4 is 5.97 Å². The van der Waals surface area contributed by atoms with Crippen molar-refractivity contribution < 1.29 is 9.90 Å². The van der Waals surface area contributed by atoms with Crippen LogP contribution in [0.2, 0.25) is 0 Å². The Morgan fingerprint density at radius 3 is 3.11 bits per heavy atom. The predicted molar refractivity (Wildman–Crippen MR) is 62.7 cm³/mol. The van der Waals surface area contributed by atoms with Gasteiger partial charge in [0.15, 0.2) is 5.82 Å². The Hall–Kier alpha value is -2.24. The van der Waals surface area contributed by atoms with Gasteiger partial charge in [0.2, 0.25) is 0 Å². The van der Waals surface area contributed by atoms with Crippen LogP contribution in [0.25, 0.3) is 11.4 Å². The van der Waals surface area contributed by atoms with Crippen LogP contribution in [0.4, 0.5) is 0 Å². The molecular formula is C12H12N4O2. The third-order valence-corrected chi connectivity index (χ3v) is 3.13. The number of rotatable bonds is 2. The molecule has 2 aromatic heterocycles. The standard InChI is InChI=1S/C12H12N4O2/c17-12(18)9-3-4-10-14-11(15-16(10)7-9)8-2-1-5-13-6-8/h1-2,5-6,9H,3-4,7H2,(H,17,18). The average Bonchev–Trinajstić information content (AvgIpc) is 2.82. The van der Waals surface area contributed by atoms with Crippen molar-refractivity contribution in [1.29, 1.82) is 0 Å². The Balaban J connectivity index is 1.92. The molecule has 0 saturated heterocycles. The fourth-order valence-electron chi connectivity index (χ4n) is 2.13. The molecular weight excluding hydrogens is 232 g/mol. The second-order valence-corrected chi connectivity index (χ2v) is 4.35. The Kier molecular flexibility index (Phi) is 2.55. The van der Waals surface area contributed by atoms with E-state index in [9.17, 15) is 4.79 Å². The van der Waals surface area contributed by atoms with E-state index >= 15 is 0 Å². The van der Waals surface area contributed by atoms with Crippen LogP contribution in [0.5, 0.6) is 0 Å². The van der Waals surface area contributed by atoms with Crippen LogP contribution in [0.1, 0.15) is 12.2 Å². The largest absolute Gasteiger partial charge is 0.481 e. The summed E-state index contributed by atoms with van der Waals surface area (Å²) in [4.78, 5) is 19.4. The van der Waals surface area contributed by atoms with Gasteiger partial charge in [0.1, 0.15) is 5.82 Å². The van der Waals surface area contributed by atoms with E-state index in [4.69, 9.17) is 5.11 Å². The first-order valence-corrected chi connectivity index (χ1v) is 5.81. The van der Waals surface area contributed by atoms with Crippen LogP contribution in [-0.2, 0) is 17.8 Å². The zero-order valence-corrected chi connectivity index (χ0v) is 9.65. The SMILES string of the molecule is O=C(O)C1CCc2nc(-c3cccnc3)nn2C1. The second kappa shape index (κ2) is 4.21. The van der Waals surface area contributed by atoms with Gasteiger partial charge in [0.05, 0.1) is 12.5 Å². The summed E-state index contributed by atoms with van der Waals surface area (Å²) in [6, 6.07) is 3.72. The number of carboxylic acids is 1. The minimum absolute atomic E-state index is 0.360. The van der Waals surface area contributed by atoms with Gasteiger partial charge in [-0.1, -0.05) is 0 Å². The van der Waals surface area contributed by atoms with Crippen molar-refractivity contribution in [3.63, 3.8) is 0 Å². The van der Waals surface area contributed by atoms with Gasteiger partial charge in [-0.05, 0) is 18.6 Å². The Labute approximate surface area is 103 Å². The van der Waals surface area contributed by atoms with Crippen LogP contribution in [0.3, 0.4) is 0 Å². The van der Waals surface area contributed by atoms with Gasteiger partial charge in [0.25, 0.3) is 0 Å². The fraction of sp³-hybridized carbons (Fsp3) is 0.333. The Morgan fingerprint density at radius 2 is 2.39 bits per heavy atom. The number of aryl methyl sites for hydroxylation is 1. The van der Waals surface area contributed by atoms with Gasteiger partial charge in [-0.2, -0.15) is 5.10 Å². The molecule has 2 aromatic rings. The number of carbonyl (C=O) groups is 1. The molecule has 6 heteroatoms. The monoisotopic (exact) mass is 244 g/mol. The maximum Gasteiger partial charge on any atom is 0.308 e. The van der Waals surface area contributed by atoms with E-state index in [0.29, 0.717) is 25.2 Å². The molecule has 0 spiro atoms. The van der Waals surface area contributed by atoms with Crippen LogP contribution in [0.15, 0.2) is 24.5 Å². The summed E-state index contributed by atoms with van der Waals surface area (Å²) in [5.74, 6) is 0.343. The average molecular weight is 244 g/mol. The number of nitrogens with zero attached hydrogens (tertiary/aromatic N) is 4. The second-order valence-electron chi connectivity index (χ2n) is 4.35. The van der Waals surface area contributed by atoms with Gasteiger partial charge in [-0.15, -0.1) is 0 Å². The molecule has 1 aliphatic heterocycles. The maximum atomic E-state index is 11.0. The molecule has 0 bridgehead atoms. The zero-order chi connectivity index (χ0) is 12.5. The fourth-order valence-corrected chi connectivity index (χ4v) is 2.13. The van der Waals surface area contributed by atoms with Gasteiger partial charge in [-0.25, -0.2) is 9.67 Å². The molecule has 6 nitrogen and oxygen atoms in total. The van der Waals surface area contributed by atoms with E-state index < -0.39 is 5.97 Å². The summed E-state index contributed by atoms with van der Waals surface area (Å²) in [6.07, 6.45) is 4.68. The normalized spacial score (nSPS) is 18.3. The summed E-state index contributed by atoms with van der Waals surface area (Å²) in [6.45, 7) is 0.401. The molecule has 1 unspecified atom stereocenters. The number of aliphatic carboxylic acids is 1. The summed E-state index contributed by atoms with van der Waals surface area (Å²) in [5, 5.41) is 13.4. The Morgan fingerprint density at radius 1 is 1.50 bits per heavy atom. The summed E-state index contributed by atoms with van der Waals surface area (Å²) in [7, 11) is 0. The number of fused-ring (bicyclic) bond motifs is 1. The van der Waals surface area contributed by atoms with Crippen LogP contribution < -0.4 is 0 Å². The molecule has 3 rings (SSSR count). The van der Waals surface area contributed by atoms with E-state index in [1.165, 1.54) is 0 Å². The smallest absolute Gasteiger partial charge is 0.308 e. The van der Waals surface area contributed by atoms with Gasteiger partial charge in [-0.3, -0.25) is 9.78 Å². The van der Waals surface area contributed by atoms with Crippen molar-refractivity contribution in [2.24, 2.45) is 5.92 Å². The lowest BCUT2D eigenvalue weighted by atomic mass is 10.0. The number of carboxylic acid groups (broad SMARTS) is 1. The molecule has 0 saturated carbocycles. The zero-order valence-electron chi connectivity index (χ0n) is 9.65. The molecule has 0 aromatic carbocycles. The first kappa shape index (κ1) is 10.9. The predicted octanol–water partition coefficient (Wildman–Crippen LogP) is 0.987. The molecule has 1 aliphatic rings. The highest BCUT2D eigenvalue weighted by Crippen LogP contribution is 2.21. The minimum atomic E-state index is -0.765. The van der Waals surface area contributed by atoms with Crippen LogP contribution >= 0.6 is 0 Å². The highest BCUT2D eigenvalue weighted by molar-refractivity contribution is 5.70. The van der Waals surface area contributed by atoms with Crippen molar-refractivity contribution in [1.82, 2.24) is 19.7 Å². The first-order valence-electron chi connectivity index (χ1n) is 5.81. The van der Waals surface area contributed by atoms with Gasteiger partial charge >= 0.3 is 5.97 Å². The van der Waals surface area contributed by atoms with Crippen LogP contribution in [0, 0.1) is 5.92 Å². The summed E-state index contributed by atoms with van der Waals surface area (Å²) in [5.41, 5.74) is 0.853. The van der Waals surface area contributed by atoms with Gasteiger partial charge < -0.3 is 5.11 Å². The highest BCUT2D eigenvalue weighted by atomic mass is 16.4. The van der Waals surface area contributed by atoms with E-state index in [-0.39, 0.29) is 5.92 Å². The lowest BCUT2D eigenvalue weighted by molar-refractivity contribution is -0.142.